The van der Waals surface area contributed by atoms with Gasteiger partial charge in [0.15, 0.2) is 5.78 Å². The van der Waals surface area contributed by atoms with E-state index in [1.807, 2.05) is 6.07 Å². The van der Waals surface area contributed by atoms with Gasteiger partial charge in [-0.25, -0.2) is 0 Å². The Morgan fingerprint density at radius 1 is 1.14 bits per heavy atom. The van der Waals surface area contributed by atoms with Crippen molar-refractivity contribution in [1.29, 1.82) is 5.26 Å². The molecular formula is C22H17NO6. The number of fused-ring (bicyclic) bond motifs is 3. The molecule has 2 N–H and O–H groups in total. The lowest BCUT2D eigenvalue weighted by atomic mass is 9.74. The van der Waals surface area contributed by atoms with Crippen molar-refractivity contribution in [2.24, 2.45) is 5.92 Å². The number of ether oxygens (including phenoxy) is 1. The highest BCUT2D eigenvalue weighted by atomic mass is 16.5. The van der Waals surface area contributed by atoms with Crippen LogP contribution in [0.4, 0.5) is 0 Å². The first-order valence-electron chi connectivity index (χ1n) is 9.16. The highest BCUT2D eigenvalue weighted by Gasteiger charge is 2.40. The first-order chi connectivity index (χ1) is 13.9. The lowest BCUT2D eigenvalue weighted by molar-refractivity contribution is -0.122. The molecule has 0 aliphatic heterocycles. The van der Waals surface area contributed by atoms with Crippen LogP contribution >= 0.6 is 0 Å². The molecular weight excluding hydrogens is 374 g/mol. The van der Waals surface area contributed by atoms with Crippen molar-refractivity contribution in [3.63, 3.8) is 0 Å². The number of nitrogens with zero attached hydrogens (tertiary/aromatic N) is 1. The largest absolute Gasteiger partial charge is 0.507 e. The molecule has 7 heteroatoms. The molecule has 0 radical (unpaired) electrons. The molecule has 4 rings (SSSR count). The highest BCUT2D eigenvalue weighted by Crippen LogP contribution is 2.47. The van der Waals surface area contributed by atoms with Gasteiger partial charge in [0.2, 0.25) is 5.78 Å². The van der Waals surface area contributed by atoms with Gasteiger partial charge < -0.3 is 14.9 Å². The summed E-state index contributed by atoms with van der Waals surface area (Å²) in [5, 5.41) is 30.5. The number of ketones is 3. The first kappa shape index (κ1) is 18.7. The van der Waals surface area contributed by atoms with Gasteiger partial charge >= 0.3 is 0 Å². The van der Waals surface area contributed by atoms with Crippen molar-refractivity contribution in [3.05, 3.63) is 51.6 Å². The van der Waals surface area contributed by atoms with E-state index in [0.29, 0.717) is 12.0 Å². The summed E-state index contributed by atoms with van der Waals surface area (Å²) in [5.41, 5.74) is 0.313. The Morgan fingerprint density at radius 2 is 1.83 bits per heavy atom. The van der Waals surface area contributed by atoms with Gasteiger partial charge in [0.05, 0.1) is 36.3 Å². The van der Waals surface area contributed by atoms with E-state index in [-0.39, 0.29) is 70.1 Å². The second-order valence-electron chi connectivity index (χ2n) is 7.19. The van der Waals surface area contributed by atoms with Gasteiger partial charge in [-0.05, 0) is 25.3 Å². The number of methoxy groups -OCH3 is 1. The van der Waals surface area contributed by atoms with Gasteiger partial charge in [-0.1, -0.05) is 12.1 Å². The molecule has 1 atom stereocenters. The molecule has 0 bridgehead atoms. The van der Waals surface area contributed by atoms with Gasteiger partial charge in [0.1, 0.15) is 23.0 Å². The average molecular weight is 391 g/mol. The van der Waals surface area contributed by atoms with E-state index in [4.69, 9.17) is 10.00 Å². The summed E-state index contributed by atoms with van der Waals surface area (Å²) in [6.07, 6.45) is 0.517. The number of Topliss-reactive ketones (excluding diaryl/α,β-unsaturated/α-hetero) is 1. The smallest absolute Gasteiger partial charge is 0.202 e. The van der Waals surface area contributed by atoms with Gasteiger partial charge in [0, 0.05) is 22.6 Å². The number of benzene rings is 2. The Labute approximate surface area is 166 Å². The molecule has 0 saturated carbocycles. The maximum Gasteiger partial charge on any atom is 0.202 e. The number of rotatable bonds is 3. The van der Waals surface area contributed by atoms with E-state index in [1.165, 1.54) is 13.2 Å². The zero-order valence-electron chi connectivity index (χ0n) is 15.6. The number of carbonyl (C=O) groups excluding carboxylic acids is 3. The Balaban J connectivity index is 1.91. The van der Waals surface area contributed by atoms with E-state index in [9.17, 15) is 24.6 Å². The Kier molecular flexibility index (Phi) is 4.35. The fourth-order valence-corrected chi connectivity index (χ4v) is 4.30. The Bertz CT molecular complexity index is 1140. The minimum Gasteiger partial charge on any atom is -0.507 e. The van der Waals surface area contributed by atoms with Gasteiger partial charge in [-0.2, -0.15) is 5.26 Å². The molecule has 0 saturated heterocycles. The highest BCUT2D eigenvalue weighted by molar-refractivity contribution is 6.31. The van der Waals surface area contributed by atoms with E-state index < -0.39 is 17.5 Å². The third kappa shape index (κ3) is 2.60. The van der Waals surface area contributed by atoms with Crippen LogP contribution in [0.25, 0.3) is 0 Å². The second kappa shape index (κ2) is 6.74. The van der Waals surface area contributed by atoms with E-state index >= 15 is 0 Å². The minimum atomic E-state index is -0.592. The number of phenolic OH excluding ortho intramolecular Hbond substituents is 2. The van der Waals surface area contributed by atoms with Crippen LogP contribution in [0, 0.1) is 17.2 Å². The van der Waals surface area contributed by atoms with Crippen molar-refractivity contribution in [2.45, 2.75) is 25.7 Å². The van der Waals surface area contributed by atoms with Gasteiger partial charge in [0.25, 0.3) is 0 Å². The molecule has 0 heterocycles. The van der Waals surface area contributed by atoms with Crippen LogP contribution in [0.1, 0.15) is 55.8 Å². The van der Waals surface area contributed by atoms with E-state index in [1.54, 1.807) is 12.1 Å². The van der Waals surface area contributed by atoms with Crippen LogP contribution in [0.15, 0.2) is 18.2 Å². The van der Waals surface area contributed by atoms with Crippen LogP contribution in [0.3, 0.4) is 0 Å². The van der Waals surface area contributed by atoms with Crippen molar-refractivity contribution < 1.29 is 29.3 Å². The zero-order valence-corrected chi connectivity index (χ0v) is 15.6. The maximum absolute atomic E-state index is 13.2. The topological polar surface area (TPSA) is 125 Å². The molecule has 0 spiro atoms. The fraction of sp³-hybridized carbons (Fsp3) is 0.273. The first-order valence-corrected chi connectivity index (χ1v) is 9.16. The lowest BCUT2D eigenvalue weighted by Crippen LogP contribution is -2.27. The number of aromatic hydroxyl groups is 2. The number of hydrogen-bond acceptors (Lipinski definition) is 7. The number of hydrogen-bond donors (Lipinski definition) is 2. The lowest BCUT2D eigenvalue weighted by Gasteiger charge is -2.29. The molecule has 2 aliphatic carbocycles. The molecule has 1 unspecified atom stereocenters. The van der Waals surface area contributed by atoms with Crippen molar-refractivity contribution in [3.8, 4) is 23.3 Å². The molecule has 0 aromatic heterocycles. The molecule has 7 nitrogen and oxygen atoms in total. The third-order valence-corrected chi connectivity index (χ3v) is 5.73. The standard InChI is InChI=1S/C22H17NO6/c1-29-15-4-2-3-12-16(15)22(28)18-17(20(12)26)21(27)13-9-10(14(24)7-8-23)5-6-11(13)19(18)25/h2-4,10,25,27H,5-7,9H2,1H3. The van der Waals surface area contributed by atoms with Crippen molar-refractivity contribution >= 4 is 17.3 Å². The predicted octanol–water partition coefficient (Wildman–Crippen LogP) is 2.47. The number of phenols is 2. The Morgan fingerprint density at radius 3 is 2.52 bits per heavy atom. The molecule has 2 aromatic carbocycles. The van der Waals surface area contributed by atoms with Crippen LogP contribution in [-0.2, 0) is 17.6 Å². The van der Waals surface area contributed by atoms with Gasteiger partial charge in [-0.3, -0.25) is 14.4 Å². The summed E-state index contributed by atoms with van der Waals surface area (Å²) in [6.45, 7) is 0. The molecule has 2 aliphatic rings. The number of nitriles is 1. The summed E-state index contributed by atoms with van der Waals surface area (Å²) in [7, 11) is 1.38. The molecule has 0 fully saturated rings. The van der Waals surface area contributed by atoms with Crippen LogP contribution in [0.2, 0.25) is 0 Å². The summed E-state index contributed by atoms with van der Waals surface area (Å²) in [5.74, 6) is -2.41. The van der Waals surface area contributed by atoms with Crippen LogP contribution in [-0.4, -0.2) is 34.7 Å². The number of carbonyl (C=O) groups is 3. The van der Waals surface area contributed by atoms with Gasteiger partial charge in [-0.15, -0.1) is 0 Å². The SMILES string of the molecule is COc1cccc2c1C(=O)c1c(O)c3c(c(O)c1C2=O)CC(C(=O)CC#N)CC3. The molecule has 2 aromatic rings. The maximum atomic E-state index is 13.2. The summed E-state index contributed by atoms with van der Waals surface area (Å²) < 4.78 is 5.21. The normalized spacial score (nSPS) is 17.0. The van der Waals surface area contributed by atoms with Crippen LogP contribution in [0.5, 0.6) is 17.2 Å². The average Bonchev–Trinajstić information content (AvgIpc) is 2.73. The van der Waals surface area contributed by atoms with E-state index in [0.717, 1.165) is 0 Å². The van der Waals surface area contributed by atoms with Crippen molar-refractivity contribution in [2.75, 3.05) is 7.11 Å². The minimum absolute atomic E-state index is 0.0556. The second-order valence-corrected chi connectivity index (χ2v) is 7.19. The monoisotopic (exact) mass is 391 g/mol. The van der Waals surface area contributed by atoms with E-state index in [2.05, 4.69) is 0 Å². The quantitative estimate of drug-likeness (QED) is 0.657. The third-order valence-electron chi connectivity index (χ3n) is 5.73. The van der Waals surface area contributed by atoms with Crippen LogP contribution < -0.4 is 4.74 Å². The summed E-state index contributed by atoms with van der Waals surface area (Å²) in [6, 6.07) is 6.42. The van der Waals surface area contributed by atoms with Crippen molar-refractivity contribution in [1.82, 2.24) is 0 Å². The molecule has 146 valence electrons. The zero-order chi connectivity index (χ0) is 20.9. The molecule has 0 amide bonds. The predicted molar refractivity (Wildman–Crippen MR) is 100 cm³/mol. The fourth-order valence-electron chi connectivity index (χ4n) is 4.30. The summed E-state index contributed by atoms with van der Waals surface area (Å²) in [4.78, 5) is 38.4. The molecule has 29 heavy (non-hydrogen) atoms. The Hall–Kier alpha value is -3.66. The summed E-state index contributed by atoms with van der Waals surface area (Å²) >= 11 is 0.